The van der Waals surface area contributed by atoms with Gasteiger partial charge in [0.2, 0.25) is 0 Å². The Bertz CT molecular complexity index is 946. The van der Waals surface area contributed by atoms with Crippen LogP contribution in [-0.4, -0.2) is 37.1 Å². The standard InChI is InChI=1S/C21H23BrN4O4/c1-3-10-23-20(28)21(29)26-24-12-15-6-4-5-7-18(15)30-13-19(27)25-17-9-8-16(22)11-14(17)2/h4-9,11-12H,3,10,13H2,1-2H3,(H,23,28)(H,25,27)(H,26,29)/b24-12-. The topological polar surface area (TPSA) is 109 Å². The molecule has 0 aliphatic heterocycles. The average Bonchev–Trinajstić information content (AvgIpc) is 2.73. The number of nitrogens with zero attached hydrogens (tertiary/aromatic N) is 1. The van der Waals surface area contributed by atoms with Gasteiger partial charge in [0.25, 0.3) is 5.91 Å². The van der Waals surface area contributed by atoms with Gasteiger partial charge in [0, 0.05) is 22.3 Å². The Morgan fingerprint density at radius 1 is 1.13 bits per heavy atom. The number of aryl methyl sites for hydroxylation is 1. The van der Waals surface area contributed by atoms with Crippen LogP contribution in [0.3, 0.4) is 0 Å². The number of benzene rings is 2. The third-order valence-corrected chi connectivity index (χ3v) is 4.35. The number of carbonyl (C=O) groups excluding carboxylic acids is 3. The van der Waals surface area contributed by atoms with Crippen LogP contribution in [-0.2, 0) is 14.4 Å². The predicted molar refractivity (Wildman–Crippen MR) is 118 cm³/mol. The van der Waals surface area contributed by atoms with Gasteiger partial charge in [-0.05, 0) is 49.2 Å². The molecular weight excluding hydrogens is 452 g/mol. The first kappa shape index (κ1) is 23.1. The fourth-order valence-corrected chi connectivity index (χ4v) is 2.82. The molecule has 9 heteroatoms. The van der Waals surface area contributed by atoms with Gasteiger partial charge >= 0.3 is 11.8 Å². The molecule has 0 fully saturated rings. The molecule has 0 radical (unpaired) electrons. The average molecular weight is 475 g/mol. The Balaban J connectivity index is 1.92. The van der Waals surface area contributed by atoms with Crippen LogP contribution in [0.2, 0.25) is 0 Å². The van der Waals surface area contributed by atoms with Crippen molar-refractivity contribution in [3.8, 4) is 5.75 Å². The first-order valence-electron chi connectivity index (χ1n) is 9.29. The van der Waals surface area contributed by atoms with Crippen molar-refractivity contribution in [1.82, 2.24) is 10.7 Å². The quantitative estimate of drug-likeness (QED) is 0.310. The van der Waals surface area contributed by atoms with Crippen molar-refractivity contribution in [3.05, 3.63) is 58.1 Å². The SMILES string of the molecule is CCCNC(=O)C(=O)N/N=C\c1ccccc1OCC(=O)Nc1ccc(Br)cc1C. The Hall–Kier alpha value is -3.20. The van der Waals surface area contributed by atoms with E-state index in [1.54, 1.807) is 30.3 Å². The molecule has 0 saturated carbocycles. The van der Waals surface area contributed by atoms with Gasteiger partial charge in [0.15, 0.2) is 6.61 Å². The highest BCUT2D eigenvalue weighted by Gasteiger charge is 2.11. The molecule has 0 aliphatic carbocycles. The molecule has 0 unspecified atom stereocenters. The number of carbonyl (C=O) groups is 3. The van der Waals surface area contributed by atoms with Crippen LogP contribution in [0.5, 0.6) is 5.75 Å². The third kappa shape index (κ3) is 7.32. The molecule has 0 heterocycles. The summed E-state index contributed by atoms with van der Waals surface area (Å²) in [5, 5.41) is 9.03. The Kier molecular flexibility index (Phi) is 9.02. The van der Waals surface area contributed by atoms with E-state index in [1.807, 2.05) is 26.0 Å². The van der Waals surface area contributed by atoms with Crippen molar-refractivity contribution in [2.45, 2.75) is 20.3 Å². The molecule has 158 valence electrons. The first-order valence-corrected chi connectivity index (χ1v) is 10.1. The molecule has 0 bridgehead atoms. The highest BCUT2D eigenvalue weighted by Crippen LogP contribution is 2.20. The van der Waals surface area contributed by atoms with Gasteiger partial charge in [0.05, 0.1) is 6.21 Å². The Morgan fingerprint density at radius 2 is 1.90 bits per heavy atom. The van der Waals surface area contributed by atoms with Crippen LogP contribution in [0, 0.1) is 6.92 Å². The molecule has 0 saturated heterocycles. The maximum Gasteiger partial charge on any atom is 0.329 e. The zero-order valence-electron chi connectivity index (χ0n) is 16.7. The smallest absolute Gasteiger partial charge is 0.329 e. The summed E-state index contributed by atoms with van der Waals surface area (Å²) in [6.45, 7) is 3.98. The molecular formula is C21H23BrN4O4. The fourth-order valence-electron chi connectivity index (χ4n) is 2.35. The fraction of sp³-hybridized carbons (Fsp3) is 0.238. The summed E-state index contributed by atoms with van der Waals surface area (Å²) < 4.78 is 6.52. The number of nitrogens with one attached hydrogen (secondary N) is 3. The van der Waals surface area contributed by atoms with Gasteiger partial charge in [-0.15, -0.1) is 0 Å². The largest absolute Gasteiger partial charge is 0.483 e. The lowest BCUT2D eigenvalue weighted by atomic mass is 10.2. The van der Waals surface area contributed by atoms with Gasteiger partial charge in [-0.2, -0.15) is 5.10 Å². The number of anilines is 1. The van der Waals surface area contributed by atoms with Gasteiger partial charge in [0.1, 0.15) is 5.75 Å². The Morgan fingerprint density at radius 3 is 2.63 bits per heavy atom. The summed E-state index contributed by atoms with van der Waals surface area (Å²) in [6.07, 6.45) is 2.07. The highest BCUT2D eigenvalue weighted by atomic mass is 79.9. The van der Waals surface area contributed by atoms with Crippen LogP contribution in [0.1, 0.15) is 24.5 Å². The van der Waals surface area contributed by atoms with E-state index in [4.69, 9.17) is 4.74 Å². The van der Waals surface area contributed by atoms with Crippen molar-refractivity contribution in [2.24, 2.45) is 5.10 Å². The lowest BCUT2D eigenvalue weighted by Gasteiger charge is -2.11. The molecule has 2 aromatic carbocycles. The van der Waals surface area contributed by atoms with Crippen LogP contribution in [0.4, 0.5) is 5.69 Å². The molecule has 2 rings (SSSR count). The van der Waals surface area contributed by atoms with Crippen molar-refractivity contribution in [3.63, 3.8) is 0 Å². The van der Waals surface area contributed by atoms with Crippen LogP contribution in [0.15, 0.2) is 52.0 Å². The molecule has 3 N–H and O–H groups in total. The number of hydrogen-bond donors (Lipinski definition) is 3. The maximum absolute atomic E-state index is 12.2. The number of amides is 3. The predicted octanol–water partition coefficient (Wildman–Crippen LogP) is 2.75. The Labute approximate surface area is 183 Å². The molecule has 0 spiro atoms. The van der Waals surface area contributed by atoms with Gasteiger partial charge in [-0.25, -0.2) is 5.43 Å². The number of rotatable bonds is 8. The van der Waals surface area contributed by atoms with E-state index >= 15 is 0 Å². The first-order chi connectivity index (χ1) is 14.4. The number of hydrogen-bond acceptors (Lipinski definition) is 5. The molecule has 8 nitrogen and oxygen atoms in total. The lowest BCUT2D eigenvalue weighted by molar-refractivity contribution is -0.139. The summed E-state index contributed by atoms with van der Waals surface area (Å²) in [5.41, 5.74) is 4.32. The summed E-state index contributed by atoms with van der Waals surface area (Å²) in [7, 11) is 0. The van der Waals surface area contributed by atoms with Crippen molar-refractivity contribution < 1.29 is 19.1 Å². The molecule has 3 amide bonds. The number of halogens is 1. The molecule has 0 aromatic heterocycles. The van der Waals surface area contributed by atoms with E-state index in [9.17, 15) is 14.4 Å². The highest BCUT2D eigenvalue weighted by molar-refractivity contribution is 9.10. The maximum atomic E-state index is 12.2. The molecule has 0 aliphatic rings. The van der Waals surface area contributed by atoms with Crippen molar-refractivity contribution in [2.75, 3.05) is 18.5 Å². The van der Waals surface area contributed by atoms with Gasteiger partial charge in [-0.1, -0.05) is 35.0 Å². The summed E-state index contributed by atoms with van der Waals surface area (Å²) in [5.74, 6) is -1.51. The lowest BCUT2D eigenvalue weighted by Crippen LogP contribution is -2.38. The van der Waals surface area contributed by atoms with Crippen molar-refractivity contribution in [1.29, 1.82) is 0 Å². The monoisotopic (exact) mass is 474 g/mol. The van der Waals surface area contributed by atoms with Crippen LogP contribution in [0.25, 0.3) is 0 Å². The summed E-state index contributed by atoms with van der Waals surface area (Å²) in [6, 6.07) is 12.4. The van der Waals surface area contributed by atoms with E-state index in [-0.39, 0.29) is 12.5 Å². The number of ether oxygens (including phenoxy) is 1. The molecule has 30 heavy (non-hydrogen) atoms. The zero-order valence-corrected chi connectivity index (χ0v) is 18.3. The van der Waals surface area contributed by atoms with Gasteiger partial charge < -0.3 is 15.4 Å². The molecule has 0 atom stereocenters. The normalized spacial score (nSPS) is 10.5. The van der Waals surface area contributed by atoms with Crippen LogP contribution >= 0.6 is 15.9 Å². The second-order valence-corrected chi connectivity index (χ2v) is 7.20. The van der Waals surface area contributed by atoms with E-state index in [0.717, 1.165) is 16.5 Å². The summed E-state index contributed by atoms with van der Waals surface area (Å²) in [4.78, 5) is 35.4. The van der Waals surface area contributed by atoms with E-state index in [2.05, 4.69) is 37.1 Å². The second-order valence-electron chi connectivity index (χ2n) is 6.29. The minimum atomic E-state index is -0.859. The van der Waals surface area contributed by atoms with Crippen molar-refractivity contribution >= 4 is 45.6 Å². The third-order valence-electron chi connectivity index (χ3n) is 3.85. The van der Waals surface area contributed by atoms with Crippen LogP contribution < -0.4 is 20.8 Å². The minimum absolute atomic E-state index is 0.202. The summed E-state index contributed by atoms with van der Waals surface area (Å²) >= 11 is 3.38. The zero-order chi connectivity index (χ0) is 21.9. The van der Waals surface area contributed by atoms with E-state index < -0.39 is 11.8 Å². The molecule has 2 aromatic rings. The van der Waals surface area contributed by atoms with E-state index in [1.165, 1.54) is 6.21 Å². The van der Waals surface area contributed by atoms with Gasteiger partial charge in [-0.3, -0.25) is 14.4 Å². The number of para-hydroxylation sites is 1. The van der Waals surface area contributed by atoms with E-state index in [0.29, 0.717) is 23.5 Å². The number of hydrazone groups is 1. The second kappa shape index (κ2) is 11.7. The minimum Gasteiger partial charge on any atom is -0.483 e.